The summed E-state index contributed by atoms with van der Waals surface area (Å²) in [5.74, 6) is -0.441. The van der Waals surface area contributed by atoms with Crippen LogP contribution < -0.4 is 5.32 Å². The zero-order valence-corrected chi connectivity index (χ0v) is 11.0. The Morgan fingerprint density at radius 2 is 2.40 bits per heavy atom. The van der Waals surface area contributed by atoms with Crippen molar-refractivity contribution in [1.29, 1.82) is 0 Å². The van der Waals surface area contributed by atoms with Crippen molar-refractivity contribution in [3.63, 3.8) is 0 Å². The first kappa shape index (κ1) is 14.0. The van der Waals surface area contributed by atoms with Crippen LogP contribution >= 0.6 is 0 Å². The lowest BCUT2D eigenvalue weighted by Gasteiger charge is -2.34. The molecule has 1 N–H and O–H groups in total. The van der Waals surface area contributed by atoms with Crippen molar-refractivity contribution in [2.45, 2.75) is 25.9 Å². The molecule has 9 heteroatoms. The van der Waals surface area contributed by atoms with Crippen molar-refractivity contribution in [3.05, 3.63) is 22.5 Å². The van der Waals surface area contributed by atoms with E-state index < -0.39 is 11.0 Å². The summed E-state index contributed by atoms with van der Waals surface area (Å²) in [7, 11) is 0. The van der Waals surface area contributed by atoms with Gasteiger partial charge in [-0.3, -0.25) is 24.4 Å². The van der Waals surface area contributed by atoms with E-state index in [2.05, 4.69) is 10.4 Å². The minimum absolute atomic E-state index is 0.113. The molecule has 1 atom stereocenters. The van der Waals surface area contributed by atoms with Crippen LogP contribution in [-0.4, -0.2) is 50.5 Å². The highest BCUT2D eigenvalue weighted by atomic mass is 16.6. The third kappa shape index (κ3) is 2.76. The van der Waals surface area contributed by atoms with Crippen LogP contribution in [0, 0.1) is 10.1 Å². The van der Waals surface area contributed by atoms with Crippen molar-refractivity contribution in [2.24, 2.45) is 0 Å². The molecule has 2 rings (SSSR count). The predicted molar refractivity (Wildman–Crippen MR) is 67.7 cm³/mol. The Hall–Kier alpha value is -2.45. The Morgan fingerprint density at radius 3 is 3.00 bits per heavy atom. The normalized spacial score (nSPS) is 18.8. The summed E-state index contributed by atoms with van der Waals surface area (Å²) in [5.41, 5.74) is -0.166. The van der Waals surface area contributed by atoms with Crippen LogP contribution in [0.15, 0.2) is 12.4 Å². The molecular formula is C11H15N5O4. The molecule has 0 radical (unpaired) electrons. The van der Waals surface area contributed by atoms with Crippen LogP contribution in [0.2, 0.25) is 0 Å². The molecule has 20 heavy (non-hydrogen) atoms. The molecule has 1 aliphatic rings. The lowest BCUT2D eigenvalue weighted by atomic mass is 10.1. The average Bonchev–Trinajstić information content (AvgIpc) is 2.87. The van der Waals surface area contributed by atoms with Gasteiger partial charge in [-0.25, -0.2) is 0 Å². The maximum absolute atomic E-state index is 12.2. The molecule has 1 unspecified atom stereocenters. The first-order valence-electron chi connectivity index (χ1n) is 6.27. The molecule has 1 aliphatic heterocycles. The molecule has 108 valence electrons. The van der Waals surface area contributed by atoms with Crippen molar-refractivity contribution < 1.29 is 14.5 Å². The second-order valence-corrected chi connectivity index (χ2v) is 4.46. The third-order valence-electron chi connectivity index (χ3n) is 3.17. The molecule has 1 saturated heterocycles. The van der Waals surface area contributed by atoms with Crippen LogP contribution in [0.3, 0.4) is 0 Å². The number of carbonyl (C=O) groups excluding carboxylic acids is 2. The topological polar surface area (TPSA) is 110 Å². The van der Waals surface area contributed by atoms with E-state index in [4.69, 9.17) is 0 Å². The number of aromatic nitrogens is 2. The number of amides is 2. The van der Waals surface area contributed by atoms with E-state index in [1.54, 1.807) is 0 Å². The van der Waals surface area contributed by atoms with Crippen LogP contribution in [0.5, 0.6) is 0 Å². The van der Waals surface area contributed by atoms with Gasteiger partial charge >= 0.3 is 5.69 Å². The summed E-state index contributed by atoms with van der Waals surface area (Å²) in [5, 5.41) is 17.0. The van der Waals surface area contributed by atoms with Crippen LogP contribution in [0.25, 0.3) is 0 Å². The van der Waals surface area contributed by atoms with Gasteiger partial charge in [-0.2, -0.15) is 5.10 Å². The van der Waals surface area contributed by atoms with Gasteiger partial charge in [-0.1, -0.05) is 6.92 Å². The molecule has 9 nitrogen and oxygen atoms in total. The van der Waals surface area contributed by atoms with Gasteiger partial charge in [0.15, 0.2) is 0 Å². The molecule has 0 aliphatic carbocycles. The maximum Gasteiger partial charge on any atom is 0.307 e. The van der Waals surface area contributed by atoms with Gasteiger partial charge in [-0.15, -0.1) is 0 Å². The highest BCUT2D eigenvalue weighted by Gasteiger charge is 2.31. The third-order valence-corrected chi connectivity index (χ3v) is 3.17. The summed E-state index contributed by atoms with van der Waals surface area (Å²) < 4.78 is 1.21. The second-order valence-electron chi connectivity index (χ2n) is 4.46. The number of nitrogens with one attached hydrogen (secondary N) is 1. The summed E-state index contributed by atoms with van der Waals surface area (Å²) in [6, 6.07) is -0.484. The fourth-order valence-corrected chi connectivity index (χ4v) is 2.18. The lowest BCUT2D eigenvalue weighted by Crippen LogP contribution is -2.57. The van der Waals surface area contributed by atoms with E-state index in [0.717, 1.165) is 6.20 Å². The molecule has 0 saturated carbocycles. The summed E-state index contributed by atoms with van der Waals surface area (Å²) in [6.07, 6.45) is 2.81. The Bertz CT molecular complexity index is 541. The average molecular weight is 281 g/mol. The molecule has 2 amide bonds. The quantitative estimate of drug-likeness (QED) is 0.592. The zero-order valence-electron chi connectivity index (χ0n) is 11.0. The lowest BCUT2D eigenvalue weighted by molar-refractivity contribution is -0.385. The SMILES string of the molecule is CCC1C(=O)NCCN1C(=O)Cn1cc([N+](=O)[O-])cn1. The number of hydrogen-bond acceptors (Lipinski definition) is 5. The van der Waals surface area contributed by atoms with Gasteiger partial charge in [0.05, 0.1) is 4.92 Å². The van der Waals surface area contributed by atoms with E-state index in [1.807, 2.05) is 6.92 Å². The fourth-order valence-electron chi connectivity index (χ4n) is 2.18. The van der Waals surface area contributed by atoms with Crippen LogP contribution in [0.1, 0.15) is 13.3 Å². The van der Waals surface area contributed by atoms with Crippen molar-refractivity contribution >= 4 is 17.5 Å². The van der Waals surface area contributed by atoms with Gasteiger partial charge in [-0.05, 0) is 6.42 Å². The minimum Gasteiger partial charge on any atom is -0.353 e. The monoisotopic (exact) mass is 281 g/mol. The number of carbonyl (C=O) groups is 2. The smallest absolute Gasteiger partial charge is 0.307 e. The largest absolute Gasteiger partial charge is 0.353 e. The molecule has 1 aromatic rings. The van der Waals surface area contributed by atoms with Gasteiger partial charge in [0.2, 0.25) is 11.8 Å². The Labute approximate surface area is 114 Å². The number of hydrogen-bond donors (Lipinski definition) is 1. The molecule has 0 bridgehead atoms. The summed E-state index contributed by atoms with van der Waals surface area (Å²) in [6.45, 7) is 2.57. The molecule has 0 aromatic carbocycles. The van der Waals surface area contributed by atoms with Crippen molar-refractivity contribution in [3.8, 4) is 0 Å². The minimum atomic E-state index is -0.572. The zero-order chi connectivity index (χ0) is 14.7. The Morgan fingerprint density at radius 1 is 1.65 bits per heavy atom. The van der Waals surface area contributed by atoms with E-state index in [0.29, 0.717) is 19.5 Å². The van der Waals surface area contributed by atoms with Crippen molar-refractivity contribution in [2.75, 3.05) is 13.1 Å². The molecular weight excluding hydrogens is 266 g/mol. The summed E-state index contributed by atoms with van der Waals surface area (Å²) in [4.78, 5) is 35.3. The van der Waals surface area contributed by atoms with Gasteiger partial charge < -0.3 is 10.2 Å². The standard InChI is InChI=1S/C11H15N5O4/c1-2-9-11(18)12-3-4-15(9)10(17)7-14-6-8(5-13-14)16(19)20/h5-6,9H,2-4,7H2,1H3,(H,12,18). The molecule has 0 spiro atoms. The van der Waals surface area contributed by atoms with E-state index in [1.165, 1.54) is 15.8 Å². The Kier molecular flexibility index (Phi) is 3.97. The predicted octanol–water partition coefficient (Wildman–Crippen LogP) is -0.472. The van der Waals surface area contributed by atoms with Crippen LogP contribution in [-0.2, 0) is 16.1 Å². The summed E-state index contributed by atoms with van der Waals surface area (Å²) >= 11 is 0. The van der Waals surface area contributed by atoms with Gasteiger partial charge in [0.25, 0.3) is 0 Å². The number of nitro groups is 1. The highest BCUT2D eigenvalue weighted by Crippen LogP contribution is 2.11. The first-order chi connectivity index (χ1) is 9.52. The van der Waals surface area contributed by atoms with Crippen LogP contribution in [0.4, 0.5) is 5.69 Å². The van der Waals surface area contributed by atoms with E-state index in [9.17, 15) is 19.7 Å². The number of piperazine rings is 1. The molecule has 2 heterocycles. The maximum atomic E-state index is 12.2. The first-order valence-corrected chi connectivity index (χ1v) is 6.27. The number of rotatable bonds is 4. The Balaban J connectivity index is 2.06. The van der Waals surface area contributed by atoms with Crippen molar-refractivity contribution in [1.82, 2.24) is 20.0 Å². The molecule has 1 fully saturated rings. The van der Waals surface area contributed by atoms with Gasteiger partial charge in [0.1, 0.15) is 25.0 Å². The second kappa shape index (κ2) is 5.68. The highest BCUT2D eigenvalue weighted by molar-refractivity contribution is 5.88. The fraction of sp³-hybridized carbons (Fsp3) is 0.545. The van der Waals surface area contributed by atoms with E-state index in [-0.39, 0.29) is 24.0 Å². The van der Waals surface area contributed by atoms with Gasteiger partial charge in [0, 0.05) is 13.1 Å². The number of nitrogens with zero attached hydrogens (tertiary/aromatic N) is 4. The molecule has 1 aromatic heterocycles. The van der Waals surface area contributed by atoms with E-state index >= 15 is 0 Å².